The van der Waals surface area contributed by atoms with Gasteiger partial charge in [0.05, 0.1) is 45.4 Å². The van der Waals surface area contributed by atoms with Crippen molar-refractivity contribution >= 4 is 93.8 Å². The zero-order valence-electron chi connectivity index (χ0n) is 50.5. The van der Waals surface area contributed by atoms with Crippen molar-refractivity contribution in [3.05, 3.63) is 122 Å². The maximum absolute atomic E-state index is 12.4. The van der Waals surface area contributed by atoms with Gasteiger partial charge in [-0.05, 0) is 28.9 Å². The van der Waals surface area contributed by atoms with Crippen molar-refractivity contribution in [3.8, 4) is 0 Å². The van der Waals surface area contributed by atoms with Gasteiger partial charge in [-0.25, -0.2) is 34.1 Å². The highest BCUT2D eigenvalue weighted by Gasteiger charge is 2.27. The van der Waals surface area contributed by atoms with Crippen LogP contribution in [0.25, 0.3) is 33.5 Å². The van der Waals surface area contributed by atoms with Crippen LogP contribution >= 0.6 is 12.4 Å². The first-order valence-corrected chi connectivity index (χ1v) is 27.7. The molecule has 15 N–H and O–H groups in total. The molecule has 0 aliphatic rings. The quantitative estimate of drug-likeness (QED) is 0.0208. The van der Waals surface area contributed by atoms with Crippen LogP contribution in [0.1, 0.15) is 52.7 Å². The number of hydrogen-bond donors (Lipinski definition) is 11. The second kappa shape index (κ2) is 37.1. The van der Waals surface area contributed by atoms with E-state index in [1.54, 1.807) is 27.7 Å². The SMILES string of the molecule is CC(C)[C@H](N)C(=O)OCCOCn1cnc2c(=O)[nH]c(N)nc21.CC(C)[C@H](NC(=O)OCc1ccccc1)C(=O)O.CC(C)[C@H](NC(=O)OCc1ccccc1)C(=O)OCCOCn1cnc2c(=O)[nH]c(N)nc21.Cl.Nc1nc2c(ncn2COCCO)c(=O)[nH]1. The van der Waals surface area contributed by atoms with Gasteiger partial charge in [0.2, 0.25) is 17.8 Å². The lowest BCUT2D eigenvalue weighted by Crippen LogP contribution is -2.45. The third kappa shape index (κ3) is 23.4. The van der Waals surface area contributed by atoms with E-state index in [1.807, 2.05) is 74.5 Å². The van der Waals surface area contributed by atoms with Crippen LogP contribution < -0.4 is 50.2 Å². The number of ether oxygens (including phenoxy) is 7. The highest BCUT2D eigenvalue weighted by Crippen LogP contribution is 2.12. The Bertz CT molecular complexity index is 3780. The lowest BCUT2D eigenvalue weighted by molar-refractivity contribution is -0.149. The van der Waals surface area contributed by atoms with E-state index >= 15 is 0 Å². The maximum atomic E-state index is 12.4. The number of carbonyl (C=O) groups excluding carboxylic acids is 4. The number of carboxylic acid groups (broad SMARTS) is 1. The van der Waals surface area contributed by atoms with E-state index in [2.05, 4.69) is 55.5 Å². The van der Waals surface area contributed by atoms with Crippen molar-refractivity contribution < 1.29 is 67.3 Å². The van der Waals surface area contributed by atoms with Gasteiger partial charge in [0.1, 0.15) is 64.7 Å². The number of amides is 2. The molecule has 0 fully saturated rings. The van der Waals surface area contributed by atoms with Gasteiger partial charge in [0, 0.05) is 0 Å². The van der Waals surface area contributed by atoms with E-state index in [9.17, 15) is 38.4 Å². The predicted molar refractivity (Wildman–Crippen MR) is 329 cm³/mol. The lowest BCUT2D eigenvalue weighted by atomic mass is 10.1. The summed E-state index contributed by atoms with van der Waals surface area (Å²) >= 11 is 0. The summed E-state index contributed by atoms with van der Waals surface area (Å²) in [6.07, 6.45) is 2.83. The number of nitrogens with zero attached hydrogens (tertiary/aromatic N) is 9. The molecule has 36 heteroatoms. The van der Waals surface area contributed by atoms with Crippen molar-refractivity contribution in [3.63, 3.8) is 0 Å². The third-order valence-corrected chi connectivity index (χ3v) is 12.2. The van der Waals surface area contributed by atoms with Crippen molar-refractivity contribution in [2.45, 2.75) is 93.1 Å². The van der Waals surface area contributed by atoms with Crippen LogP contribution in [-0.4, -0.2) is 157 Å². The first-order valence-electron chi connectivity index (χ1n) is 27.7. The summed E-state index contributed by atoms with van der Waals surface area (Å²) in [6.45, 7) is 11.6. The number of aliphatic hydroxyl groups is 1. The van der Waals surface area contributed by atoms with Crippen LogP contribution in [-0.2, 0) is 80.9 Å². The summed E-state index contributed by atoms with van der Waals surface area (Å²) < 4.78 is 40.8. The standard InChI is InChI=1S/C21H26N6O6.C13H20N6O4.C13H17NO4.C8H11N5O3.ClH/c1-13(2)15(24-21(30)33-10-14-6-4-3-5-7-14)19(29)32-9-8-31-12-27-11-23-16-17(27)25-20(22)26-18(16)28;1-7(2)8(14)12(21)23-4-3-22-6-19-5-16-9-10(19)17-13(15)18-11(9)20;1-9(2)11(12(15)16)14-13(17)18-8-10-6-4-3-5-7-10;9-8-11-6-5(7(15)12-8)10-3-13(6)4-16-2-1-14;/h3-7,11,13,15H,8-10,12H2,1-2H3,(H,24,30)(H3,22,25,26,28);5,7-8H,3-4,6,14H2,1-2H3,(H3,15,17,18,20);3-7,9,11H,8H2,1-2H3,(H,14,17)(H,15,16);3,14H,1-2,4H2,(H3,9,11,12,15);1H/t15-;8-;11-;;/m000../s1. The minimum atomic E-state index is -1.07. The molecule has 35 nitrogen and oxygen atoms in total. The summed E-state index contributed by atoms with van der Waals surface area (Å²) in [4.78, 5) is 124. The predicted octanol–water partition coefficient (Wildman–Crippen LogP) is 1.48. The number of aromatic nitrogens is 12. The van der Waals surface area contributed by atoms with Gasteiger partial charge in [-0.2, -0.15) is 15.0 Å². The zero-order valence-corrected chi connectivity index (χ0v) is 51.3. The zero-order chi connectivity index (χ0) is 65.9. The highest BCUT2D eigenvalue weighted by atomic mass is 35.5. The first kappa shape index (κ1) is 73.4. The van der Waals surface area contributed by atoms with Crippen LogP contribution in [0.15, 0.2) is 94.0 Å². The number of alkyl carbamates (subject to hydrolysis) is 2. The first-order chi connectivity index (χ1) is 43.0. The molecule has 8 aromatic rings. The minimum Gasteiger partial charge on any atom is -0.480 e. The number of benzene rings is 2. The number of carbonyl (C=O) groups is 5. The number of hydrogen-bond acceptors (Lipinski definition) is 26. The Morgan fingerprint density at radius 1 is 0.516 bits per heavy atom. The normalized spacial score (nSPS) is 11.9. The molecule has 0 aliphatic heterocycles. The molecule has 91 heavy (non-hydrogen) atoms. The molecule has 2 amide bonds. The number of imidazole rings is 3. The number of halogens is 1. The van der Waals surface area contributed by atoms with Gasteiger partial charge >= 0.3 is 30.1 Å². The maximum Gasteiger partial charge on any atom is 0.408 e. The molecule has 494 valence electrons. The Morgan fingerprint density at radius 3 is 1.21 bits per heavy atom. The number of nitrogen functional groups attached to an aromatic ring is 3. The van der Waals surface area contributed by atoms with E-state index in [-0.39, 0.29) is 149 Å². The summed E-state index contributed by atoms with van der Waals surface area (Å²) in [5.41, 5.74) is 24.1. The van der Waals surface area contributed by atoms with E-state index in [0.717, 1.165) is 11.1 Å². The fourth-order valence-electron chi connectivity index (χ4n) is 7.40. The van der Waals surface area contributed by atoms with Crippen molar-refractivity contribution in [2.24, 2.45) is 23.5 Å². The van der Waals surface area contributed by atoms with Crippen molar-refractivity contribution in [2.75, 3.05) is 56.8 Å². The molecule has 0 saturated carbocycles. The Labute approximate surface area is 523 Å². The second-order valence-electron chi connectivity index (χ2n) is 20.1. The number of carboxylic acids is 1. The van der Waals surface area contributed by atoms with Gasteiger partial charge in [-0.3, -0.25) is 47.8 Å². The van der Waals surface area contributed by atoms with Gasteiger partial charge in [-0.15, -0.1) is 12.4 Å². The fourth-order valence-corrected chi connectivity index (χ4v) is 7.40. The fraction of sp³-hybridized carbons (Fsp3) is 0.418. The number of aromatic amines is 3. The molecule has 3 atom stereocenters. The van der Waals surface area contributed by atoms with Crippen molar-refractivity contribution in [1.29, 1.82) is 0 Å². The number of nitrogens with one attached hydrogen (secondary N) is 5. The van der Waals surface area contributed by atoms with E-state index in [0.29, 0.717) is 11.3 Å². The largest absolute Gasteiger partial charge is 0.480 e. The average Bonchev–Trinajstić information content (AvgIpc) is 1.75. The molecule has 0 unspecified atom stereocenters. The van der Waals surface area contributed by atoms with Crippen molar-refractivity contribution in [1.82, 2.24) is 69.2 Å². The average molecular weight is 1300 g/mol. The number of aliphatic carboxylic acids is 1. The summed E-state index contributed by atoms with van der Waals surface area (Å²) in [5.74, 6) is -2.53. The van der Waals surface area contributed by atoms with Crippen LogP contribution in [0.3, 0.4) is 0 Å². The molecule has 6 heterocycles. The Kier molecular flexibility index (Phi) is 29.9. The van der Waals surface area contributed by atoms with E-state index in [1.165, 1.54) is 32.7 Å². The lowest BCUT2D eigenvalue weighted by Gasteiger charge is -2.20. The topological polar surface area (TPSA) is 509 Å². The molecule has 0 radical (unpaired) electrons. The summed E-state index contributed by atoms with van der Waals surface area (Å²) in [5, 5.41) is 22.3. The summed E-state index contributed by atoms with van der Waals surface area (Å²) in [7, 11) is 0. The third-order valence-electron chi connectivity index (χ3n) is 12.2. The highest BCUT2D eigenvalue weighted by molar-refractivity contribution is 5.85. The van der Waals surface area contributed by atoms with Gasteiger partial charge in [0.25, 0.3) is 16.7 Å². The van der Waals surface area contributed by atoms with E-state index < -0.39 is 59.3 Å². The molecule has 6 aromatic heterocycles. The van der Waals surface area contributed by atoms with Gasteiger partial charge in [0.15, 0.2) is 33.5 Å². The molecule has 0 bridgehead atoms. The molecule has 0 spiro atoms. The van der Waals surface area contributed by atoms with Crippen LogP contribution in [0.5, 0.6) is 0 Å². The van der Waals surface area contributed by atoms with Crippen LogP contribution in [0.2, 0.25) is 0 Å². The van der Waals surface area contributed by atoms with Crippen LogP contribution in [0.4, 0.5) is 27.4 Å². The Balaban J connectivity index is 0.000000269. The monoisotopic (exact) mass is 1290 g/mol. The van der Waals surface area contributed by atoms with Crippen LogP contribution in [0, 0.1) is 17.8 Å². The smallest absolute Gasteiger partial charge is 0.408 e. The number of esters is 2. The molecular formula is C55H75ClN18O17. The number of aliphatic hydroxyl groups excluding tert-OH is 1. The molecule has 8 rings (SSSR count). The number of rotatable bonds is 26. The Morgan fingerprint density at radius 2 is 0.868 bits per heavy atom. The minimum absolute atomic E-state index is 0. The Hall–Kier alpha value is -10.1. The molecule has 2 aromatic carbocycles. The summed E-state index contributed by atoms with van der Waals surface area (Å²) in [6, 6.07) is 15.9. The number of anilines is 3. The molecule has 0 aliphatic carbocycles. The molecule has 0 saturated heterocycles. The number of nitrogens with two attached hydrogens (primary N) is 4. The second-order valence-corrected chi connectivity index (χ2v) is 20.1. The number of H-pyrrole nitrogens is 3. The number of fused-ring (bicyclic) bond motifs is 3. The van der Waals surface area contributed by atoms with Gasteiger partial charge in [-0.1, -0.05) is 102 Å². The molecular weight excluding hydrogens is 1220 g/mol. The van der Waals surface area contributed by atoms with Gasteiger partial charge < -0.3 is 76.9 Å². The van der Waals surface area contributed by atoms with E-state index in [4.69, 9.17) is 66.3 Å².